The van der Waals surface area contributed by atoms with Crippen molar-refractivity contribution in [2.45, 2.75) is 13.5 Å². The number of pyridine rings is 1. The summed E-state index contributed by atoms with van der Waals surface area (Å²) < 4.78 is 13.5. The summed E-state index contributed by atoms with van der Waals surface area (Å²) in [6, 6.07) is 10.2. The number of rotatable bonds is 4. The summed E-state index contributed by atoms with van der Waals surface area (Å²) in [5.41, 5.74) is 7.74. The first-order valence-electron chi connectivity index (χ1n) is 5.82. The first-order valence-corrected chi connectivity index (χ1v) is 6.23. The molecule has 0 unspecified atom stereocenters. The molecule has 19 heavy (non-hydrogen) atoms. The molecule has 0 aliphatic rings. The molecular formula is C14H14FN3S. The lowest BCUT2D eigenvalue weighted by atomic mass is 10.2. The van der Waals surface area contributed by atoms with Crippen LogP contribution in [-0.2, 0) is 6.54 Å². The predicted molar refractivity (Wildman–Crippen MR) is 78.6 cm³/mol. The molecule has 0 aliphatic carbocycles. The van der Waals surface area contributed by atoms with Crippen molar-refractivity contribution in [1.82, 2.24) is 4.98 Å². The molecule has 1 heterocycles. The van der Waals surface area contributed by atoms with Crippen LogP contribution in [0.1, 0.15) is 16.8 Å². The van der Waals surface area contributed by atoms with Crippen LogP contribution in [0, 0.1) is 12.7 Å². The number of benzene rings is 1. The molecule has 0 radical (unpaired) electrons. The molecule has 0 saturated carbocycles. The third-order valence-corrected chi connectivity index (χ3v) is 2.89. The highest BCUT2D eigenvalue weighted by Gasteiger charge is 2.04. The quantitative estimate of drug-likeness (QED) is 0.842. The SMILES string of the molecule is Cc1cc(C(N)=S)cc(NCc2ccccc2F)n1. The number of aromatic nitrogens is 1. The molecule has 2 rings (SSSR count). The fourth-order valence-electron chi connectivity index (χ4n) is 1.73. The van der Waals surface area contributed by atoms with E-state index in [1.54, 1.807) is 24.3 Å². The average Bonchev–Trinajstić information content (AvgIpc) is 2.37. The van der Waals surface area contributed by atoms with Crippen molar-refractivity contribution >= 4 is 23.0 Å². The molecule has 5 heteroatoms. The lowest BCUT2D eigenvalue weighted by molar-refractivity contribution is 0.613. The van der Waals surface area contributed by atoms with E-state index in [1.807, 2.05) is 13.0 Å². The second kappa shape index (κ2) is 5.75. The molecule has 98 valence electrons. The molecule has 2 aromatic rings. The van der Waals surface area contributed by atoms with Crippen molar-refractivity contribution in [3.63, 3.8) is 0 Å². The van der Waals surface area contributed by atoms with Gasteiger partial charge in [-0.1, -0.05) is 30.4 Å². The summed E-state index contributed by atoms with van der Waals surface area (Å²) in [5.74, 6) is 0.392. The second-order valence-electron chi connectivity index (χ2n) is 4.19. The van der Waals surface area contributed by atoms with Crippen LogP contribution in [0.15, 0.2) is 36.4 Å². The van der Waals surface area contributed by atoms with Crippen LogP contribution in [0.5, 0.6) is 0 Å². The number of anilines is 1. The molecule has 0 saturated heterocycles. The van der Waals surface area contributed by atoms with Gasteiger partial charge in [-0.05, 0) is 25.1 Å². The monoisotopic (exact) mass is 275 g/mol. The molecular weight excluding hydrogens is 261 g/mol. The van der Waals surface area contributed by atoms with Crippen molar-refractivity contribution < 1.29 is 4.39 Å². The number of nitrogens with zero attached hydrogens (tertiary/aromatic N) is 1. The predicted octanol–water partition coefficient (Wildman–Crippen LogP) is 2.78. The zero-order chi connectivity index (χ0) is 13.8. The number of halogens is 1. The number of nitrogens with two attached hydrogens (primary N) is 1. The standard InChI is InChI=1S/C14H14FN3S/c1-9-6-11(14(16)19)7-13(18-9)17-8-10-4-2-3-5-12(10)15/h2-7H,8H2,1H3,(H2,16,19)(H,17,18). The van der Waals surface area contributed by atoms with Crippen molar-refractivity contribution in [2.75, 3.05) is 5.32 Å². The number of hydrogen-bond acceptors (Lipinski definition) is 3. The zero-order valence-corrected chi connectivity index (χ0v) is 11.3. The van der Waals surface area contributed by atoms with Gasteiger partial charge >= 0.3 is 0 Å². The average molecular weight is 275 g/mol. The van der Waals surface area contributed by atoms with Crippen molar-refractivity contribution in [2.24, 2.45) is 5.73 Å². The van der Waals surface area contributed by atoms with E-state index in [-0.39, 0.29) is 5.82 Å². The summed E-state index contributed by atoms with van der Waals surface area (Å²) in [6.07, 6.45) is 0. The Balaban J connectivity index is 2.16. The summed E-state index contributed by atoms with van der Waals surface area (Å²) in [6.45, 7) is 2.22. The normalized spacial score (nSPS) is 10.2. The molecule has 0 spiro atoms. The van der Waals surface area contributed by atoms with Crippen LogP contribution in [0.4, 0.5) is 10.2 Å². The van der Waals surface area contributed by atoms with Crippen LogP contribution in [0.2, 0.25) is 0 Å². The van der Waals surface area contributed by atoms with Gasteiger partial charge in [-0.3, -0.25) is 0 Å². The Kier molecular flexibility index (Phi) is 4.06. The number of thiocarbonyl (C=S) groups is 1. The van der Waals surface area contributed by atoms with E-state index >= 15 is 0 Å². The third kappa shape index (κ3) is 3.48. The van der Waals surface area contributed by atoms with Gasteiger partial charge in [-0.15, -0.1) is 0 Å². The van der Waals surface area contributed by atoms with Crippen molar-refractivity contribution in [3.05, 3.63) is 59.0 Å². The van der Waals surface area contributed by atoms with E-state index in [2.05, 4.69) is 10.3 Å². The maximum Gasteiger partial charge on any atom is 0.128 e. The van der Waals surface area contributed by atoms with Crippen LogP contribution >= 0.6 is 12.2 Å². The van der Waals surface area contributed by atoms with Gasteiger partial charge in [0, 0.05) is 23.4 Å². The minimum Gasteiger partial charge on any atom is -0.389 e. The van der Waals surface area contributed by atoms with E-state index in [0.717, 1.165) is 11.3 Å². The van der Waals surface area contributed by atoms with Gasteiger partial charge in [0.25, 0.3) is 0 Å². The largest absolute Gasteiger partial charge is 0.389 e. The Morgan fingerprint density at radius 2 is 2.11 bits per heavy atom. The Morgan fingerprint density at radius 1 is 1.37 bits per heavy atom. The molecule has 3 nitrogen and oxygen atoms in total. The summed E-state index contributed by atoms with van der Waals surface area (Å²) in [4.78, 5) is 4.63. The smallest absolute Gasteiger partial charge is 0.128 e. The van der Waals surface area contributed by atoms with Gasteiger partial charge in [0.2, 0.25) is 0 Å². The molecule has 0 atom stereocenters. The maximum atomic E-state index is 13.5. The molecule has 1 aromatic heterocycles. The van der Waals surface area contributed by atoms with Crippen LogP contribution in [-0.4, -0.2) is 9.97 Å². The van der Waals surface area contributed by atoms with Gasteiger partial charge in [-0.2, -0.15) is 0 Å². The van der Waals surface area contributed by atoms with Gasteiger partial charge in [0.15, 0.2) is 0 Å². The van der Waals surface area contributed by atoms with E-state index in [9.17, 15) is 4.39 Å². The molecule has 0 bridgehead atoms. The summed E-state index contributed by atoms with van der Waals surface area (Å²) >= 11 is 4.94. The van der Waals surface area contributed by atoms with Gasteiger partial charge in [-0.25, -0.2) is 9.37 Å². The van der Waals surface area contributed by atoms with E-state index < -0.39 is 0 Å². The second-order valence-corrected chi connectivity index (χ2v) is 4.63. The number of nitrogens with one attached hydrogen (secondary N) is 1. The fraction of sp³-hybridized carbons (Fsp3) is 0.143. The summed E-state index contributed by atoms with van der Waals surface area (Å²) in [5, 5.41) is 3.07. The zero-order valence-electron chi connectivity index (χ0n) is 10.5. The Bertz CT molecular complexity index is 613. The van der Waals surface area contributed by atoms with E-state index in [1.165, 1.54) is 6.07 Å². The molecule has 3 N–H and O–H groups in total. The summed E-state index contributed by atoms with van der Waals surface area (Å²) in [7, 11) is 0. The lowest BCUT2D eigenvalue weighted by Crippen LogP contribution is -2.11. The minimum absolute atomic E-state index is 0.239. The lowest BCUT2D eigenvalue weighted by Gasteiger charge is -2.09. The van der Waals surface area contributed by atoms with Crippen molar-refractivity contribution in [3.8, 4) is 0 Å². The van der Waals surface area contributed by atoms with Crippen molar-refractivity contribution in [1.29, 1.82) is 0 Å². The van der Waals surface area contributed by atoms with Crippen LogP contribution < -0.4 is 11.1 Å². The Morgan fingerprint density at radius 3 is 2.79 bits per heavy atom. The molecule has 0 fully saturated rings. The van der Waals surface area contributed by atoms with Gasteiger partial charge in [0.1, 0.15) is 16.6 Å². The van der Waals surface area contributed by atoms with Gasteiger partial charge < -0.3 is 11.1 Å². The third-order valence-electron chi connectivity index (χ3n) is 2.66. The first kappa shape index (κ1) is 13.4. The van der Waals surface area contributed by atoms with Gasteiger partial charge in [0.05, 0.1) is 0 Å². The topological polar surface area (TPSA) is 50.9 Å². The van der Waals surface area contributed by atoms with Crippen LogP contribution in [0.3, 0.4) is 0 Å². The highest BCUT2D eigenvalue weighted by atomic mass is 32.1. The minimum atomic E-state index is -0.239. The van der Waals surface area contributed by atoms with E-state index in [0.29, 0.717) is 22.9 Å². The fourth-order valence-corrected chi connectivity index (χ4v) is 1.85. The Labute approximate surface area is 116 Å². The van der Waals surface area contributed by atoms with Crippen LogP contribution in [0.25, 0.3) is 0 Å². The number of aryl methyl sites for hydroxylation is 1. The molecule has 0 aliphatic heterocycles. The Hall–Kier alpha value is -2.01. The molecule has 1 aromatic carbocycles. The highest BCUT2D eigenvalue weighted by Crippen LogP contribution is 2.13. The first-order chi connectivity index (χ1) is 9.06. The van der Waals surface area contributed by atoms with E-state index in [4.69, 9.17) is 18.0 Å². The number of hydrogen-bond donors (Lipinski definition) is 2. The maximum absolute atomic E-state index is 13.5. The highest BCUT2D eigenvalue weighted by molar-refractivity contribution is 7.80. The molecule has 0 amide bonds.